The zero-order valence-corrected chi connectivity index (χ0v) is 11.5. The quantitative estimate of drug-likeness (QED) is 0.667. The Balaban J connectivity index is 0.00000180. The minimum absolute atomic E-state index is 0. The molecule has 0 aliphatic carbocycles. The molecule has 8 heteroatoms. The van der Waals surface area contributed by atoms with Crippen LogP contribution in [0.25, 0.3) is 0 Å². The molecule has 6 nitrogen and oxygen atoms in total. The summed E-state index contributed by atoms with van der Waals surface area (Å²) in [6.45, 7) is 2.65. The Kier molecular flexibility index (Phi) is 5.53. The lowest BCUT2D eigenvalue weighted by Crippen LogP contribution is -2.46. The van der Waals surface area contributed by atoms with Crippen LogP contribution in [-0.4, -0.2) is 41.9 Å². The van der Waals surface area contributed by atoms with E-state index in [9.17, 15) is 14.9 Å². The van der Waals surface area contributed by atoms with Crippen LogP contribution in [-0.2, 0) is 0 Å². The van der Waals surface area contributed by atoms with Crippen LogP contribution in [0, 0.1) is 10.1 Å². The number of non-ortho nitro benzene ring substituents is 1. The maximum Gasteiger partial charge on any atom is 0.271 e. The summed E-state index contributed by atoms with van der Waals surface area (Å²) in [6, 6.07) is 3.95. The van der Waals surface area contributed by atoms with Crippen molar-refractivity contribution in [2.45, 2.75) is 0 Å². The van der Waals surface area contributed by atoms with Crippen LogP contribution in [0.5, 0.6) is 0 Å². The minimum Gasteiger partial charge on any atom is -0.336 e. The molecule has 1 aromatic carbocycles. The summed E-state index contributed by atoms with van der Waals surface area (Å²) in [6.07, 6.45) is 0. The number of nitrogens with one attached hydrogen (secondary N) is 1. The Morgan fingerprint density at radius 2 is 1.95 bits per heavy atom. The summed E-state index contributed by atoms with van der Waals surface area (Å²) in [4.78, 5) is 24.0. The van der Waals surface area contributed by atoms with Gasteiger partial charge < -0.3 is 10.2 Å². The SMILES string of the molecule is Cl.O=C(c1cc(Cl)cc([N+](=O)[O-])c1)N1CCNCC1. The first-order valence-corrected chi connectivity index (χ1v) is 5.91. The van der Waals surface area contributed by atoms with Crippen molar-refractivity contribution in [3.05, 3.63) is 38.9 Å². The molecule has 0 bridgehead atoms. The molecule has 1 fully saturated rings. The van der Waals surface area contributed by atoms with Crippen LogP contribution < -0.4 is 5.32 Å². The molecule has 0 atom stereocenters. The monoisotopic (exact) mass is 305 g/mol. The third-order valence-electron chi connectivity index (χ3n) is 2.74. The first-order chi connectivity index (χ1) is 8.58. The van der Waals surface area contributed by atoms with E-state index >= 15 is 0 Å². The van der Waals surface area contributed by atoms with Crippen molar-refractivity contribution in [3.63, 3.8) is 0 Å². The molecule has 0 saturated carbocycles. The Hall–Kier alpha value is -1.37. The molecule has 0 spiro atoms. The van der Waals surface area contributed by atoms with Gasteiger partial charge in [0.25, 0.3) is 11.6 Å². The number of benzene rings is 1. The number of nitro groups is 1. The highest BCUT2D eigenvalue weighted by molar-refractivity contribution is 6.31. The highest BCUT2D eigenvalue weighted by Gasteiger charge is 2.20. The van der Waals surface area contributed by atoms with Gasteiger partial charge in [0.15, 0.2) is 0 Å². The summed E-state index contributed by atoms with van der Waals surface area (Å²) in [5.74, 6) is -0.220. The molecule has 1 aromatic rings. The second kappa shape index (κ2) is 6.70. The van der Waals surface area contributed by atoms with E-state index in [0.29, 0.717) is 13.1 Å². The van der Waals surface area contributed by atoms with Crippen molar-refractivity contribution >= 4 is 35.6 Å². The topological polar surface area (TPSA) is 75.5 Å². The van der Waals surface area contributed by atoms with E-state index in [2.05, 4.69) is 5.32 Å². The van der Waals surface area contributed by atoms with Crippen LogP contribution in [0.1, 0.15) is 10.4 Å². The predicted octanol–water partition coefficient (Wildman–Crippen LogP) is 1.72. The van der Waals surface area contributed by atoms with Gasteiger partial charge >= 0.3 is 0 Å². The van der Waals surface area contributed by atoms with Gasteiger partial charge in [0.05, 0.1) is 4.92 Å². The first kappa shape index (κ1) is 15.7. The number of carbonyl (C=O) groups excluding carboxylic acids is 1. The van der Waals surface area contributed by atoms with E-state index in [1.165, 1.54) is 18.2 Å². The standard InChI is InChI=1S/C11H12ClN3O3.ClH/c12-9-5-8(6-10(7-9)15(17)18)11(16)14-3-1-13-2-4-14;/h5-7,13H,1-4H2;1H. The van der Waals surface area contributed by atoms with Gasteiger partial charge in [-0.2, -0.15) is 0 Å². The van der Waals surface area contributed by atoms with Gasteiger partial charge in [-0.05, 0) is 6.07 Å². The van der Waals surface area contributed by atoms with Crippen LogP contribution >= 0.6 is 24.0 Å². The molecule has 0 aromatic heterocycles. The number of carbonyl (C=O) groups is 1. The summed E-state index contributed by atoms with van der Waals surface area (Å²) >= 11 is 5.79. The van der Waals surface area contributed by atoms with Gasteiger partial charge in [-0.1, -0.05) is 11.6 Å². The highest BCUT2D eigenvalue weighted by atomic mass is 35.5. The van der Waals surface area contributed by atoms with Crippen molar-refractivity contribution in [2.24, 2.45) is 0 Å². The lowest BCUT2D eigenvalue weighted by molar-refractivity contribution is -0.384. The van der Waals surface area contributed by atoms with E-state index in [-0.39, 0.29) is 34.6 Å². The van der Waals surface area contributed by atoms with E-state index in [0.717, 1.165) is 13.1 Å². The van der Waals surface area contributed by atoms with E-state index in [4.69, 9.17) is 11.6 Å². The fraction of sp³-hybridized carbons (Fsp3) is 0.364. The summed E-state index contributed by atoms with van der Waals surface area (Å²) < 4.78 is 0. The maximum atomic E-state index is 12.1. The Morgan fingerprint density at radius 3 is 2.53 bits per heavy atom. The van der Waals surface area contributed by atoms with Crippen LogP contribution in [0.2, 0.25) is 5.02 Å². The van der Waals surface area contributed by atoms with Crippen molar-refractivity contribution < 1.29 is 9.72 Å². The Morgan fingerprint density at radius 1 is 1.32 bits per heavy atom. The van der Waals surface area contributed by atoms with Gasteiger partial charge in [0.2, 0.25) is 0 Å². The molecule has 1 heterocycles. The summed E-state index contributed by atoms with van der Waals surface area (Å²) in [5, 5.41) is 14.0. The van der Waals surface area contributed by atoms with Crippen LogP contribution in [0.3, 0.4) is 0 Å². The fourth-order valence-corrected chi connectivity index (χ4v) is 2.08. The van der Waals surface area contributed by atoms with Gasteiger partial charge in [0, 0.05) is 48.9 Å². The molecule has 1 aliphatic heterocycles. The molecule has 1 saturated heterocycles. The lowest BCUT2D eigenvalue weighted by atomic mass is 10.1. The Labute approximate surface area is 121 Å². The van der Waals surface area contributed by atoms with Crippen molar-refractivity contribution in [1.82, 2.24) is 10.2 Å². The number of nitro benzene ring substituents is 1. The van der Waals surface area contributed by atoms with Gasteiger partial charge in [-0.15, -0.1) is 12.4 Å². The van der Waals surface area contributed by atoms with Crippen molar-refractivity contribution in [1.29, 1.82) is 0 Å². The molecule has 0 unspecified atom stereocenters. The molecule has 104 valence electrons. The number of hydrogen-bond acceptors (Lipinski definition) is 4. The predicted molar refractivity (Wildman–Crippen MR) is 74.1 cm³/mol. The van der Waals surface area contributed by atoms with Gasteiger partial charge in [0.1, 0.15) is 0 Å². The second-order valence-corrected chi connectivity index (χ2v) is 4.43. The number of nitrogens with zero attached hydrogens (tertiary/aromatic N) is 2. The van der Waals surface area contributed by atoms with E-state index in [1.807, 2.05) is 0 Å². The minimum atomic E-state index is -0.555. The zero-order valence-electron chi connectivity index (χ0n) is 9.97. The maximum absolute atomic E-state index is 12.1. The molecule has 1 amide bonds. The molecular formula is C11H13Cl2N3O3. The van der Waals surface area contributed by atoms with Crippen molar-refractivity contribution in [2.75, 3.05) is 26.2 Å². The van der Waals surface area contributed by atoms with E-state index < -0.39 is 4.92 Å². The third-order valence-corrected chi connectivity index (χ3v) is 2.96. The zero-order chi connectivity index (χ0) is 13.1. The smallest absolute Gasteiger partial charge is 0.271 e. The number of amides is 1. The number of halogens is 2. The largest absolute Gasteiger partial charge is 0.336 e. The molecule has 0 radical (unpaired) electrons. The van der Waals surface area contributed by atoms with Crippen molar-refractivity contribution in [3.8, 4) is 0 Å². The number of rotatable bonds is 2. The van der Waals surface area contributed by atoms with Gasteiger partial charge in [-0.3, -0.25) is 14.9 Å². The molecule has 1 N–H and O–H groups in total. The number of hydrogen-bond donors (Lipinski definition) is 1. The Bertz CT molecular complexity index is 490. The van der Waals surface area contributed by atoms with Gasteiger partial charge in [-0.25, -0.2) is 0 Å². The summed E-state index contributed by atoms with van der Waals surface area (Å²) in [7, 11) is 0. The average molecular weight is 306 g/mol. The molecular weight excluding hydrogens is 293 g/mol. The van der Waals surface area contributed by atoms with Crippen LogP contribution in [0.15, 0.2) is 18.2 Å². The van der Waals surface area contributed by atoms with Crippen LogP contribution in [0.4, 0.5) is 5.69 Å². The molecule has 2 rings (SSSR count). The fourth-order valence-electron chi connectivity index (χ4n) is 1.85. The van der Waals surface area contributed by atoms with E-state index in [1.54, 1.807) is 4.90 Å². The summed E-state index contributed by atoms with van der Waals surface area (Å²) in [5.41, 5.74) is 0.0945. The average Bonchev–Trinajstić information content (AvgIpc) is 2.38. The highest BCUT2D eigenvalue weighted by Crippen LogP contribution is 2.22. The first-order valence-electron chi connectivity index (χ1n) is 5.53. The third kappa shape index (κ3) is 3.79. The number of piperazine rings is 1. The second-order valence-electron chi connectivity index (χ2n) is 4.00. The lowest BCUT2D eigenvalue weighted by Gasteiger charge is -2.27. The molecule has 19 heavy (non-hydrogen) atoms. The molecule has 1 aliphatic rings. The normalized spacial score (nSPS) is 14.7.